The van der Waals surface area contributed by atoms with Crippen LogP contribution in [0, 0.1) is 5.92 Å². The van der Waals surface area contributed by atoms with Gasteiger partial charge in [0, 0.05) is 17.1 Å². The van der Waals surface area contributed by atoms with E-state index in [0.29, 0.717) is 12.1 Å². The first-order valence-electron chi connectivity index (χ1n) is 6.84. The van der Waals surface area contributed by atoms with E-state index < -0.39 is 0 Å². The van der Waals surface area contributed by atoms with Crippen molar-refractivity contribution in [2.75, 3.05) is 7.05 Å². The Labute approximate surface area is 118 Å². The summed E-state index contributed by atoms with van der Waals surface area (Å²) in [7, 11) is 2.12. The first-order chi connectivity index (χ1) is 9.08. The van der Waals surface area contributed by atoms with E-state index in [1.54, 1.807) is 0 Å². The maximum Gasteiger partial charge on any atom is 0.222 e. The van der Waals surface area contributed by atoms with Gasteiger partial charge in [-0.25, -0.2) is 0 Å². The molecule has 0 saturated carbocycles. The van der Waals surface area contributed by atoms with Crippen molar-refractivity contribution in [3.8, 4) is 0 Å². The molecule has 2 bridgehead atoms. The van der Waals surface area contributed by atoms with Crippen LogP contribution in [-0.4, -0.2) is 29.9 Å². The summed E-state index contributed by atoms with van der Waals surface area (Å²) < 4.78 is 0. The highest BCUT2D eigenvalue weighted by molar-refractivity contribution is 6.30. The van der Waals surface area contributed by atoms with Gasteiger partial charge in [0.25, 0.3) is 0 Å². The van der Waals surface area contributed by atoms with Crippen LogP contribution in [-0.2, 0) is 4.79 Å². The molecule has 0 aromatic heterocycles. The number of halogens is 1. The van der Waals surface area contributed by atoms with Gasteiger partial charge in [-0.3, -0.25) is 9.69 Å². The monoisotopic (exact) mass is 278 g/mol. The molecule has 2 heterocycles. The van der Waals surface area contributed by atoms with Gasteiger partial charge in [-0.15, -0.1) is 0 Å². The third-order valence-corrected chi connectivity index (χ3v) is 5.15. The van der Waals surface area contributed by atoms with Gasteiger partial charge < -0.3 is 5.73 Å². The van der Waals surface area contributed by atoms with Crippen molar-refractivity contribution < 1.29 is 4.79 Å². The second-order valence-corrected chi connectivity index (χ2v) is 6.22. The second kappa shape index (κ2) is 4.80. The van der Waals surface area contributed by atoms with Crippen LogP contribution in [0.5, 0.6) is 0 Å². The Morgan fingerprint density at radius 1 is 1.32 bits per heavy atom. The molecule has 1 aromatic rings. The summed E-state index contributed by atoms with van der Waals surface area (Å²) >= 11 is 5.94. The van der Waals surface area contributed by atoms with E-state index in [1.165, 1.54) is 12.0 Å². The minimum atomic E-state index is -0.169. The van der Waals surface area contributed by atoms with E-state index in [0.717, 1.165) is 17.9 Å². The van der Waals surface area contributed by atoms with Crippen LogP contribution >= 0.6 is 11.6 Å². The van der Waals surface area contributed by atoms with E-state index in [1.807, 2.05) is 24.3 Å². The molecule has 0 aliphatic carbocycles. The maximum absolute atomic E-state index is 11.9. The van der Waals surface area contributed by atoms with E-state index in [-0.39, 0.29) is 17.7 Å². The lowest BCUT2D eigenvalue weighted by Crippen LogP contribution is -2.50. The number of amides is 1. The fourth-order valence-electron chi connectivity index (χ4n) is 3.91. The minimum absolute atomic E-state index is 0.0788. The van der Waals surface area contributed by atoms with E-state index in [4.69, 9.17) is 17.3 Å². The van der Waals surface area contributed by atoms with Crippen molar-refractivity contribution in [3.63, 3.8) is 0 Å². The predicted molar refractivity (Wildman–Crippen MR) is 76.1 cm³/mol. The highest BCUT2D eigenvalue weighted by Gasteiger charge is 2.48. The summed E-state index contributed by atoms with van der Waals surface area (Å²) in [6, 6.07) is 8.75. The zero-order chi connectivity index (χ0) is 13.6. The van der Waals surface area contributed by atoms with E-state index in [9.17, 15) is 4.79 Å². The molecule has 19 heavy (non-hydrogen) atoms. The van der Waals surface area contributed by atoms with Crippen LogP contribution in [0.4, 0.5) is 0 Å². The van der Waals surface area contributed by atoms with Gasteiger partial charge in [0.1, 0.15) is 0 Å². The normalized spacial score (nSPS) is 34.4. The number of piperidine rings is 1. The first-order valence-corrected chi connectivity index (χ1v) is 7.22. The number of hydrogen-bond donors (Lipinski definition) is 1. The van der Waals surface area contributed by atoms with Crippen LogP contribution in [0.3, 0.4) is 0 Å². The van der Waals surface area contributed by atoms with Crippen molar-refractivity contribution >= 4 is 17.5 Å². The highest BCUT2D eigenvalue weighted by Crippen LogP contribution is 2.46. The van der Waals surface area contributed by atoms with Crippen molar-refractivity contribution in [3.05, 3.63) is 34.9 Å². The molecule has 3 nitrogen and oxygen atoms in total. The number of nitrogens with two attached hydrogens (primary N) is 1. The van der Waals surface area contributed by atoms with Gasteiger partial charge in [-0.2, -0.15) is 0 Å². The number of primary amides is 1. The molecule has 0 radical (unpaired) electrons. The number of carbonyl (C=O) groups excluding carboxylic acids is 1. The summed E-state index contributed by atoms with van der Waals surface area (Å²) in [6.07, 6.45) is 3.27. The van der Waals surface area contributed by atoms with E-state index in [2.05, 4.69) is 11.9 Å². The quantitative estimate of drug-likeness (QED) is 0.903. The average molecular weight is 279 g/mol. The Hall–Kier alpha value is -1.06. The molecule has 2 aliphatic rings. The number of nitrogens with zero attached hydrogens (tertiary/aromatic N) is 1. The summed E-state index contributed by atoms with van der Waals surface area (Å²) in [5, 5.41) is 0.732. The number of benzene rings is 1. The van der Waals surface area contributed by atoms with Crippen molar-refractivity contribution in [1.29, 1.82) is 0 Å². The van der Waals surface area contributed by atoms with Gasteiger partial charge in [0.2, 0.25) is 5.91 Å². The summed E-state index contributed by atoms with van der Waals surface area (Å²) in [6.45, 7) is 0. The molecular weight excluding hydrogens is 260 g/mol. The summed E-state index contributed by atoms with van der Waals surface area (Å²) in [5.74, 6) is -0.00876. The lowest BCUT2D eigenvalue weighted by atomic mass is 9.76. The van der Waals surface area contributed by atoms with Crippen LogP contribution < -0.4 is 5.73 Å². The lowest BCUT2D eigenvalue weighted by Gasteiger charge is -2.41. The van der Waals surface area contributed by atoms with Gasteiger partial charge in [0.15, 0.2) is 0 Å². The molecule has 0 unspecified atom stereocenters. The van der Waals surface area contributed by atoms with Gasteiger partial charge in [-0.1, -0.05) is 23.7 Å². The molecule has 0 spiro atoms. The Bertz CT molecular complexity index is 487. The topological polar surface area (TPSA) is 46.3 Å². The molecule has 1 aromatic carbocycles. The van der Waals surface area contributed by atoms with Crippen LogP contribution in [0.25, 0.3) is 0 Å². The summed E-state index contributed by atoms with van der Waals surface area (Å²) in [5.41, 5.74) is 6.87. The van der Waals surface area contributed by atoms with Crippen LogP contribution in [0.1, 0.15) is 30.7 Å². The predicted octanol–water partition coefficient (Wildman–Crippen LogP) is 2.39. The standard InChI is InChI=1S/C15H19ClN2O/c1-18-11-6-7-13(18)14(15(17)19)12(8-11)9-2-4-10(16)5-3-9/h2-5,11-14H,6-8H2,1H3,(H2,17,19)/t11-,12+,13+,14-/m0/s1. The minimum Gasteiger partial charge on any atom is -0.369 e. The number of hydrogen-bond acceptors (Lipinski definition) is 2. The highest BCUT2D eigenvalue weighted by atomic mass is 35.5. The first kappa shape index (κ1) is 12.9. The molecule has 4 heteroatoms. The molecule has 102 valence electrons. The average Bonchev–Trinajstić information content (AvgIpc) is 2.63. The Morgan fingerprint density at radius 2 is 2.00 bits per heavy atom. The Morgan fingerprint density at radius 3 is 2.63 bits per heavy atom. The number of fused-ring (bicyclic) bond motifs is 2. The van der Waals surface area contributed by atoms with Gasteiger partial charge in [0.05, 0.1) is 5.92 Å². The van der Waals surface area contributed by atoms with Crippen LogP contribution in [0.2, 0.25) is 5.02 Å². The Kier molecular flexibility index (Phi) is 3.27. The molecule has 3 rings (SSSR count). The van der Waals surface area contributed by atoms with Gasteiger partial charge in [-0.05, 0) is 49.9 Å². The largest absolute Gasteiger partial charge is 0.369 e. The number of rotatable bonds is 2. The molecule has 2 fully saturated rings. The zero-order valence-corrected chi connectivity index (χ0v) is 11.8. The third-order valence-electron chi connectivity index (χ3n) is 4.90. The van der Waals surface area contributed by atoms with Gasteiger partial charge >= 0.3 is 0 Å². The fraction of sp³-hybridized carbons (Fsp3) is 0.533. The lowest BCUT2D eigenvalue weighted by molar-refractivity contribution is -0.126. The molecule has 2 saturated heterocycles. The molecule has 2 N–H and O–H groups in total. The number of carbonyl (C=O) groups is 1. The molecule has 2 aliphatic heterocycles. The zero-order valence-electron chi connectivity index (χ0n) is 11.1. The smallest absolute Gasteiger partial charge is 0.222 e. The van der Waals surface area contributed by atoms with Crippen molar-refractivity contribution in [2.24, 2.45) is 11.7 Å². The second-order valence-electron chi connectivity index (χ2n) is 5.79. The summed E-state index contributed by atoms with van der Waals surface area (Å²) in [4.78, 5) is 14.3. The molecule has 1 amide bonds. The van der Waals surface area contributed by atoms with E-state index >= 15 is 0 Å². The SMILES string of the molecule is CN1[C@H]2CC[C@@H]1[C@@H](C(N)=O)[C@@H](c1ccc(Cl)cc1)C2. The Balaban J connectivity index is 1.95. The third kappa shape index (κ3) is 2.15. The maximum atomic E-state index is 11.9. The van der Waals surface area contributed by atoms with Crippen LogP contribution in [0.15, 0.2) is 24.3 Å². The van der Waals surface area contributed by atoms with Crippen molar-refractivity contribution in [2.45, 2.75) is 37.3 Å². The molecule has 4 atom stereocenters. The fourth-order valence-corrected chi connectivity index (χ4v) is 4.03. The molecular formula is C15H19ClN2O. The van der Waals surface area contributed by atoms with Crippen molar-refractivity contribution in [1.82, 2.24) is 4.90 Å².